The highest BCUT2D eigenvalue weighted by Gasteiger charge is 2.22. The van der Waals surface area contributed by atoms with E-state index in [2.05, 4.69) is 11.3 Å². The number of halogens is 2. The third kappa shape index (κ3) is 3.50. The number of benzene rings is 1. The van der Waals surface area contributed by atoms with Crippen molar-refractivity contribution in [3.63, 3.8) is 0 Å². The van der Waals surface area contributed by atoms with Gasteiger partial charge in [-0.05, 0) is 30.3 Å². The molecule has 0 saturated heterocycles. The highest BCUT2D eigenvalue weighted by atomic mass is 19.3. The Morgan fingerprint density at radius 2 is 1.93 bits per heavy atom. The molecule has 0 aliphatic heterocycles. The van der Waals surface area contributed by atoms with Gasteiger partial charge in [-0.2, -0.15) is 8.78 Å². The predicted octanol–water partition coefficient (Wildman–Crippen LogP) is 3.05. The molecule has 0 unspecified atom stereocenters. The Bertz CT molecular complexity index is 363. The molecule has 4 heteroatoms. The van der Waals surface area contributed by atoms with Gasteiger partial charge in [0.1, 0.15) is 5.75 Å². The lowest BCUT2D eigenvalue weighted by Gasteiger charge is -2.12. The SMILES string of the molecule is C=CC(=O)c1ccc(OC(C)(F)F)cc1. The normalized spacial score (nSPS) is 10.9. The van der Waals surface area contributed by atoms with Crippen molar-refractivity contribution in [1.29, 1.82) is 0 Å². The lowest BCUT2D eigenvalue weighted by atomic mass is 10.1. The van der Waals surface area contributed by atoms with Gasteiger partial charge in [-0.3, -0.25) is 4.79 Å². The van der Waals surface area contributed by atoms with Crippen LogP contribution in [0, 0.1) is 0 Å². The molecule has 0 radical (unpaired) electrons. The van der Waals surface area contributed by atoms with Crippen molar-refractivity contribution in [3.05, 3.63) is 42.5 Å². The lowest BCUT2D eigenvalue weighted by Crippen LogP contribution is -2.19. The van der Waals surface area contributed by atoms with Crippen LogP contribution in [0.15, 0.2) is 36.9 Å². The third-order valence-corrected chi connectivity index (χ3v) is 1.62. The average Bonchev–Trinajstić information content (AvgIpc) is 2.15. The third-order valence-electron chi connectivity index (χ3n) is 1.62. The highest BCUT2D eigenvalue weighted by molar-refractivity contribution is 6.04. The largest absolute Gasteiger partial charge is 0.433 e. The first-order chi connectivity index (χ1) is 6.92. The summed E-state index contributed by atoms with van der Waals surface area (Å²) in [6, 6.07) is 5.44. The summed E-state index contributed by atoms with van der Waals surface area (Å²) in [6.07, 6.45) is -2.06. The van der Waals surface area contributed by atoms with Crippen LogP contribution in [0.25, 0.3) is 0 Å². The predicted molar refractivity (Wildman–Crippen MR) is 52.2 cm³/mol. The summed E-state index contributed by atoms with van der Waals surface area (Å²) in [7, 11) is 0. The van der Waals surface area contributed by atoms with Crippen molar-refractivity contribution in [1.82, 2.24) is 0 Å². The molecule has 80 valence electrons. The molecule has 1 rings (SSSR count). The van der Waals surface area contributed by atoms with Crippen LogP contribution in [0.5, 0.6) is 5.75 Å². The van der Waals surface area contributed by atoms with Gasteiger partial charge >= 0.3 is 6.11 Å². The summed E-state index contributed by atoms with van der Waals surface area (Å²) in [4.78, 5) is 11.1. The van der Waals surface area contributed by atoms with Crippen molar-refractivity contribution < 1.29 is 18.3 Å². The van der Waals surface area contributed by atoms with E-state index in [1.54, 1.807) is 0 Å². The van der Waals surface area contributed by atoms with Crippen LogP contribution in [0.1, 0.15) is 17.3 Å². The second-order valence-electron chi connectivity index (χ2n) is 3.00. The number of alkyl halides is 2. The van der Waals surface area contributed by atoms with Gasteiger partial charge in [0.2, 0.25) is 0 Å². The van der Waals surface area contributed by atoms with Crippen LogP contribution >= 0.6 is 0 Å². The first-order valence-electron chi connectivity index (χ1n) is 4.26. The number of hydrogen-bond donors (Lipinski definition) is 0. The average molecular weight is 212 g/mol. The molecule has 0 fully saturated rings. The van der Waals surface area contributed by atoms with Gasteiger partial charge in [0.05, 0.1) is 0 Å². The van der Waals surface area contributed by atoms with E-state index in [0.717, 1.165) is 6.08 Å². The minimum Gasteiger partial charge on any atom is -0.433 e. The number of ketones is 1. The maximum Gasteiger partial charge on any atom is 0.394 e. The molecular formula is C11H10F2O2. The first-order valence-corrected chi connectivity index (χ1v) is 4.26. The van der Waals surface area contributed by atoms with Crippen molar-refractivity contribution in [2.75, 3.05) is 0 Å². The van der Waals surface area contributed by atoms with Crippen LogP contribution in [-0.4, -0.2) is 11.9 Å². The Hall–Kier alpha value is -1.71. The molecule has 0 aliphatic carbocycles. The van der Waals surface area contributed by atoms with Crippen molar-refractivity contribution in [3.8, 4) is 5.75 Å². The van der Waals surface area contributed by atoms with Crippen molar-refractivity contribution >= 4 is 5.78 Å². The fourth-order valence-electron chi connectivity index (χ4n) is 1.01. The van der Waals surface area contributed by atoms with E-state index in [0.29, 0.717) is 12.5 Å². The van der Waals surface area contributed by atoms with E-state index in [4.69, 9.17) is 0 Å². The summed E-state index contributed by atoms with van der Waals surface area (Å²) >= 11 is 0. The Kier molecular flexibility index (Phi) is 3.19. The second kappa shape index (κ2) is 4.21. The molecule has 15 heavy (non-hydrogen) atoms. The van der Waals surface area contributed by atoms with Crippen LogP contribution in [-0.2, 0) is 0 Å². The fourth-order valence-corrected chi connectivity index (χ4v) is 1.01. The molecule has 0 atom stereocenters. The standard InChI is InChI=1S/C11H10F2O2/c1-3-10(14)8-4-6-9(7-5-8)15-11(2,12)13/h3-7H,1H2,2H3. The van der Waals surface area contributed by atoms with E-state index in [1.165, 1.54) is 24.3 Å². The molecule has 2 nitrogen and oxygen atoms in total. The van der Waals surface area contributed by atoms with E-state index < -0.39 is 6.11 Å². The number of allylic oxidation sites excluding steroid dienone is 1. The smallest absolute Gasteiger partial charge is 0.394 e. The molecule has 0 aromatic heterocycles. The summed E-state index contributed by atoms with van der Waals surface area (Å²) in [5.74, 6) is -0.243. The quantitative estimate of drug-likeness (QED) is 0.566. The number of rotatable bonds is 4. The Labute approximate surface area is 86.2 Å². The van der Waals surface area contributed by atoms with Gasteiger partial charge in [-0.25, -0.2) is 0 Å². The number of carbonyl (C=O) groups excluding carboxylic acids is 1. The molecule has 0 saturated carbocycles. The monoisotopic (exact) mass is 212 g/mol. The molecule has 0 amide bonds. The van der Waals surface area contributed by atoms with Gasteiger partial charge in [-0.1, -0.05) is 6.58 Å². The zero-order chi connectivity index (χ0) is 11.5. The summed E-state index contributed by atoms with van der Waals surface area (Å²) in [5, 5.41) is 0. The van der Waals surface area contributed by atoms with Gasteiger partial charge in [0.25, 0.3) is 0 Å². The topological polar surface area (TPSA) is 26.3 Å². The van der Waals surface area contributed by atoms with E-state index in [-0.39, 0.29) is 11.5 Å². The Morgan fingerprint density at radius 3 is 2.33 bits per heavy atom. The molecule has 0 heterocycles. The van der Waals surface area contributed by atoms with E-state index in [9.17, 15) is 13.6 Å². The first kappa shape index (κ1) is 11.4. The highest BCUT2D eigenvalue weighted by Crippen LogP contribution is 2.21. The summed E-state index contributed by atoms with van der Waals surface area (Å²) in [6.45, 7) is 3.97. The lowest BCUT2D eigenvalue weighted by molar-refractivity contribution is -0.158. The fraction of sp³-hybridized carbons (Fsp3) is 0.182. The molecule has 0 N–H and O–H groups in total. The number of hydrogen-bond acceptors (Lipinski definition) is 2. The molecule has 0 aliphatic rings. The number of ether oxygens (including phenoxy) is 1. The van der Waals surface area contributed by atoms with Crippen LogP contribution < -0.4 is 4.74 Å². The number of carbonyl (C=O) groups is 1. The van der Waals surface area contributed by atoms with Gasteiger partial charge in [-0.15, -0.1) is 0 Å². The van der Waals surface area contributed by atoms with Gasteiger partial charge < -0.3 is 4.74 Å². The molecule has 1 aromatic rings. The van der Waals surface area contributed by atoms with Crippen molar-refractivity contribution in [2.24, 2.45) is 0 Å². The second-order valence-corrected chi connectivity index (χ2v) is 3.00. The summed E-state index contributed by atoms with van der Waals surface area (Å²) in [5.41, 5.74) is 0.386. The minimum absolute atomic E-state index is 0.0168. The maximum atomic E-state index is 12.4. The summed E-state index contributed by atoms with van der Waals surface area (Å²) < 4.78 is 29.2. The van der Waals surface area contributed by atoms with Crippen molar-refractivity contribution in [2.45, 2.75) is 13.0 Å². The van der Waals surface area contributed by atoms with Crippen LogP contribution in [0.2, 0.25) is 0 Å². The van der Waals surface area contributed by atoms with Crippen LogP contribution in [0.4, 0.5) is 8.78 Å². The van der Waals surface area contributed by atoms with Gasteiger partial charge in [0.15, 0.2) is 5.78 Å². The zero-order valence-electron chi connectivity index (χ0n) is 8.17. The maximum absolute atomic E-state index is 12.4. The minimum atomic E-state index is -3.22. The van der Waals surface area contributed by atoms with Crippen LogP contribution in [0.3, 0.4) is 0 Å². The zero-order valence-corrected chi connectivity index (χ0v) is 8.17. The molecule has 0 spiro atoms. The Balaban J connectivity index is 2.81. The van der Waals surface area contributed by atoms with E-state index in [1.807, 2.05) is 0 Å². The molecule has 1 aromatic carbocycles. The molecular weight excluding hydrogens is 202 g/mol. The molecule has 0 bridgehead atoms. The van der Waals surface area contributed by atoms with Gasteiger partial charge in [0, 0.05) is 12.5 Å². The Morgan fingerprint density at radius 1 is 1.40 bits per heavy atom. The van der Waals surface area contributed by atoms with E-state index >= 15 is 0 Å².